The van der Waals surface area contributed by atoms with Crippen LogP contribution in [0, 0.1) is 0 Å². The minimum absolute atomic E-state index is 0.0177. The van der Waals surface area contributed by atoms with Crippen molar-refractivity contribution in [3.8, 4) is 11.5 Å². The number of aliphatic hydroxyl groups is 1. The number of fused-ring (bicyclic) bond motifs is 3. The maximum Gasteiger partial charge on any atom is 0.255 e. The number of rotatable bonds is 5. The van der Waals surface area contributed by atoms with Crippen LogP contribution in [0.3, 0.4) is 0 Å². The van der Waals surface area contributed by atoms with E-state index in [1.807, 2.05) is 36.5 Å². The number of hydrogen-bond acceptors (Lipinski definition) is 8. The first-order chi connectivity index (χ1) is 20.0. The molecule has 2 heterocycles. The highest BCUT2D eigenvalue weighted by atomic mass is 16.5. The molecule has 12 nitrogen and oxygen atoms in total. The first kappa shape index (κ1) is 29.5. The van der Waals surface area contributed by atoms with Gasteiger partial charge in [0.25, 0.3) is 5.91 Å². The maximum absolute atomic E-state index is 13.5. The lowest BCUT2D eigenvalue weighted by atomic mass is 10.0. The van der Waals surface area contributed by atoms with Crippen molar-refractivity contribution in [1.82, 2.24) is 30.5 Å². The molecule has 0 spiro atoms. The SMILES string of the molecule is COc1cccc2c1OCCCn1cc(nn1)CCN(C(=O)CCO)CCNC(=O)[C@H](Cc1ccccc1)NC2=O. The molecule has 41 heavy (non-hydrogen) atoms. The summed E-state index contributed by atoms with van der Waals surface area (Å²) in [6, 6.07) is 13.5. The summed E-state index contributed by atoms with van der Waals surface area (Å²) in [7, 11) is 1.50. The van der Waals surface area contributed by atoms with E-state index >= 15 is 0 Å². The van der Waals surface area contributed by atoms with Crippen molar-refractivity contribution in [3.63, 3.8) is 0 Å². The number of nitrogens with one attached hydrogen (secondary N) is 2. The fourth-order valence-corrected chi connectivity index (χ4v) is 4.56. The zero-order valence-corrected chi connectivity index (χ0v) is 23.1. The molecule has 1 aliphatic heterocycles. The summed E-state index contributed by atoms with van der Waals surface area (Å²) >= 11 is 0. The molecule has 0 aliphatic carbocycles. The molecule has 0 radical (unpaired) electrons. The molecule has 3 aromatic rings. The summed E-state index contributed by atoms with van der Waals surface area (Å²) in [4.78, 5) is 41.1. The molecule has 1 aliphatic rings. The largest absolute Gasteiger partial charge is 0.493 e. The summed E-state index contributed by atoms with van der Waals surface area (Å²) in [5.74, 6) is -0.390. The monoisotopic (exact) mass is 564 g/mol. The minimum atomic E-state index is -0.887. The molecule has 2 aromatic carbocycles. The number of nitrogens with zero attached hydrogens (tertiary/aromatic N) is 4. The van der Waals surface area contributed by atoms with Gasteiger partial charge in [-0.3, -0.25) is 19.1 Å². The van der Waals surface area contributed by atoms with Crippen molar-refractivity contribution in [2.75, 3.05) is 40.0 Å². The lowest BCUT2D eigenvalue weighted by Crippen LogP contribution is -2.50. The van der Waals surface area contributed by atoms with Crippen molar-refractivity contribution >= 4 is 17.7 Å². The third kappa shape index (κ3) is 8.27. The average Bonchev–Trinajstić information content (AvgIpc) is 3.44. The van der Waals surface area contributed by atoms with E-state index in [4.69, 9.17) is 9.47 Å². The van der Waals surface area contributed by atoms with Gasteiger partial charge in [0.1, 0.15) is 6.04 Å². The molecule has 0 unspecified atom stereocenters. The first-order valence-electron chi connectivity index (χ1n) is 13.7. The Morgan fingerprint density at radius 2 is 1.95 bits per heavy atom. The van der Waals surface area contributed by atoms with E-state index in [2.05, 4.69) is 20.9 Å². The predicted molar refractivity (Wildman–Crippen MR) is 150 cm³/mol. The van der Waals surface area contributed by atoms with Crippen molar-refractivity contribution in [3.05, 3.63) is 71.5 Å². The Morgan fingerprint density at radius 1 is 1.12 bits per heavy atom. The molecule has 3 amide bonds. The van der Waals surface area contributed by atoms with Gasteiger partial charge in [-0.2, -0.15) is 0 Å². The fraction of sp³-hybridized carbons (Fsp3) is 0.414. The van der Waals surface area contributed by atoms with E-state index in [1.165, 1.54) is 7.11 Å². The smallest absolute Gasteiger partial charge is 0.255 e. The van der Waals surface area contributed by atoms with Gasteiger partial charge in [0.15, 0.2) is 11.5 Å². The Kier molecular flexibility index (Phi) is 10.7. The highest BCUT2D eigenvalue weighted by Gasteiger charge is 2.25. The maximum atomic E-state index is 13.5. The van der Waals surface area contributed by atoms with E-state index in [1.54, 1.807) is 27.8 Å². The summed E-state index contributed by atoms with van der Waals surface area (Å²) in [6.45, 7) is 1.31. The van der Waals surface area contributed by atoms with Crippen LogP contribution in [-0.2, 0) is 29.0 Å². The van der Waals surface area contributed by atoms with Gasteiger partial charge in [0.2, 0.25) is 11.8 Å². The number of carbonyl (C=O) groups excluding carboxylic acids is 3. The van der Waals surface area contributed by atoms with Gasteiger partial charge in [-0.1, -0.05) is 41.6 Å². The Morgan fingerprint density at radius 3 is 2.73 bits per heavy atom. The summed E-state index contributed by atoms with van der Waals surface area (Å²) < 4.78 is 13.2. The number of amides is 3. The van der Waals surface area contributed by atoms with Crippen LogP contribution in [0.5, 0.6) is 11.5 Å². The summed E-state index contributed by atoms with van der Waals surface area (Å²) in [5, 5.41) is 23.4. The van der Waals surface area contributed by atoms with Gasteiger partial charge >= 0.3 is 0 Å². The molecule has 1 aromatic heterocycles. The lowest BCUT2D eigenvalue weighted by Gasteiger charge is -2.24. The van der Waals surface area contributed by atoms with E-state index in [0.717, 1.165) is 11.3 Å². The number of methoxy groups -OCH3 is 1. The molecule has 0 fully saturated rings. The second kappa shape index (κ2) is 14.8. The molecule has 3 N–H and O–H groups in total. The molecule has 4 rings (SSSR count). The zero-order chi connectivity index (χ0) is 29.0. The number of carbonyl (C=O) groups is 3. The predicted octanol–water partition coefficient (Wildman–Crippen LogP) is 0.980. The highest BCUT2D eigenvalue weighted by Crippen LogP contribution is 2.31. The molecule has 12 heteroatoms. The number of aromatic nitrogens is 3. The molecule has 0 saturated heterocycles. The van der Waals surface area contributed by atoms with E-state index in [-0.39, 0.29) is 56.5 Å². The fourth-order valence-electron chi connectivity index (χ4n) is 4.56. The molecular weight excluding hydrogens is 528 g/mol. The molecule has 218 valence electrons. The Labute approximate surface area is 238 Å². The van der Waals surface area contributed by atoms with Crippen LogP contribution in [-0.4, -0.2) is 88.7 Å². The van der Waals surface area contributed by atoms with E-state index < -0.39 is 11.9 Å². The van der Waals surface area contributed by atoms with Gasteiger partial charge in [-0.25, -0.2) is 0 Å². The summed E-state index contributed by atoms with van der Waals surface area (Å²) in [6.07, 6.45) is 3.12. The highest BCUT2D eigenvalue weighted by molar-refractivity contribution is 6.00. The second-order valence-corrected chi connectivity index (χ2v) is 9.62. The first-order valence-corrected chi connectivity index (χ1v) is 13.7. The number of benzene rings is 2. The van der Waals surface area contributed by atoms with Crippen LogP contribution in [0.4, 0.5) is 0 Å². The standard InChI is InChI=1S/C29H36N6O6/c1-40-25-10-5-9-23-27(25)41-18-6-14-35-20-22(32-33-35)11-15-34(26(37)12-17-36)16-13-30-29(39)24(31-28(23)38)19-21-7-3-2-4-8-21/h2-5,7-10,20,24,36H,6,11-19H2,1H3,(H,30,39)(H,31,38)/t24-/m0/s1. The molecular formula is C29H36N6O6. The van der Waals surface area contributed by atoms with Crippen LogP contribution >= 0.6 is 0 Å². The summed E-state index contributed by atoms with van der Waals surface area (Å²) in [5.41, 5.74) is 1.84. The number of ether oxygens (including phenoxy) is 2. The van der Waals surface area contributed by atoms with Crippen LogP contribution in [0.2, 0.25) is 0 Å². The van der Waals surface area contributed by atoms with Crippen molar-refractivity contribution in [1.29, 1.82) is 0 Å². The van der Waals surface area contributed by atoms with Gasteiger partial charge in [0, 0.05) is 58.1 Å². The molecule has 2 bridgehead atoms. The Bertz CT molecular complexity index is 1310. The number of hydrogen-bond donors (Lipinski definition) is 3. The van der Waals surface area contributed by atoms with Gasteiger partial charge in [-0.15, -0.1) is 5.10 Å². The number of aliphatic hydroxyl groups excluding tert-OH is 1. The zero-order valence-electron chi connectivity index (χ0n) is 23.1. The van der Waals surface area contributed by atoms with Gasteiger partial charge < -0.3 is 30.1 Å². The third-order valence-electron chi connectivity index (χ3n) is 6.71. The van der Waals surface area contributed by atoms with Gasteiger partial charge in [-0.05, 0) is 17.7 Å². The van der Waals surface area contributed by atoms with E-state index in [0.29, 0.717) is 37.4 Å². The van der Waals surface area contributed by atoms with E-state index in [9.17, 15) is 19.5 Å². The minimum Gasteiger partial charge on any atom is -0.493 e. The topological polar surface area (TPSA) is 148 Å². The average molecular weight is 565 g/mol. The second-order valence-electron chi connectivity index (χ2n) is 9.62. The van der Waals surface area contributed by atoms with Crippen molar-refractivity contribution in [2.24, 2.45) is 0 Å². The third-order valence-corrected chi connectivity index (χ3v) is 6.71. The van der Waals surface area contributed by atoms with Crippen molar-refractivity contribution in [2.45, 2.75) is 38.3 Å². The Balaban J connectivity index is 1.60. The van der Waals surface area contributed by atoms with Crippen LogP contribution in [0.15, 0.2) is 54.7 Å². The van der Waals surface area contributed by atoms with Crippen molar-refractivity contribution < 1.29 is 29.0 Å². The Hall–Kier alpha value is -4.45. The van der Waals surface area contributed by atoms with Crippen LogP contribution in [0.25, 0.3) is 0 Å². The molecule has 0 saturated carbocycles. The molecule has 1 atom stereocenters. The van der Waals surface area contributed by atoms with Crippen LogP contribution < -0.4 is 20.1 Å². The van der Waals surface area contributed by atoms with Crippen LogP contribution in [0.1, 0.15) is 34.5 Å². The van der Waals surface area contributed by atoms with Gasteiger partial charge in [0.05, 0.1) is 31.6 Å². The normalized spacial score (nSPS) is 17.1. The number of aryl methyl sites for hydroxylation is 1. The lowest BCUT2D eigenvalue weighted by molar-refractivity contribution is -0.132. The quantitative estimate of drug-likeness (QED) is 0.416. The number of para-hydroxylation sites is 1.